The van der Waals surface area contributed by atoms with Crippen LogP contribution in [-0.2, 0) is 9.53 Å². The first-order valence-corrected chi connectivity index (χ1v) is 14.3. The van der Waals surface area contributed by atoms with Gasteiger partial charge in [-0.05, 0) is 11.1 Å². The second kappa shape index (κ2) is 14.9. The van der Waals surface area contributed by atoms with Crippen LogP contribution in [-0.4, -0.2) is 94.3 Å². The molecule has 240 valence electrons. The number of fused-ring (bicyclic) bond motifs is 1. The maximum atomic E-state index is 10.9. The number of H-pyrrole nitrogens is 1. The molecule has 0 aliphatic carbocycles. The number of aliphatic hydroxyl groups is 2. The van der Waals surface area contributed by atoms with E-state index in [2.05, 4.69) is 65.4 Å². The Hall–Kier alpha value is -5.65. The summed E-state index contributed by atoms with van der Waals surface area (Å²) in [7, 11) is 0. The van der Waals surface area contributed by atoms with Crippen molar-refractivity contribution in [3.63, 3.8) is 0 Å². The molecule has 17 nitrogen and oxygen atoms in total. The molecule has 1 fully saturated rings. The molecule has 1 aliphatic heterocycles. The van der Waals surface area contributed by atoms with E-state index in [1.54, 1.807) is 4.57 Å². The van der Waals surface area contributed by atoms with Crippen LogP contribution in [0.25, 0.3) is 11.2 Å². The molecule has 4 atom stereocenters. The number of aromatic nitrogens is 7. The number of benzene rings is 2. The molecule has 2 aromatic carbocycles. The van der Waals surface area contributed by atoms with E-state index < -0.39 is 24.5 Å². The summed E-state index contributed by atoms with van der Waals surface area (Å²) in [6.45, 7) is 1.01. The average Bonchev–Trinajstić information content (AvgIpc) is 3.81. The van der Waals surface area contributed by atoms with Crippen LogP contribution in [0, 0.1) is 5.41 Å². The fourth-order valence-electron chi connectivity index (χ4n) is 5.14. The molecule has 3 aromatic heterocycles. The zero-order chi connectivity index (χ0) is 32.5. The second-order valence-electron chi connectivity index (χ2n) is 10.1. The van der Waals surface area contributed by atoms with Gasteiger partial charge in [0.15, 0.2) is 35.0 Å². The first-order chi connectivity index (χ1) is 22.4. The van der Waals surface area contributed by atoms with Crippen molar-refractivity contribution in [3.05, 3.63) is 90.3 Å². The third-order valence-corrected chi connectivity index (χ3v) is 7.24. The van der Waals surface area contributed by atoms with Crippen molar-refractivity contribution in [1.29, 1.82) is 5.41 Å². The number of aromatic amines is 1. The molecule has 0 unspecified atom stereocenters. The highest BCUT2D eigenvalue weighted by molar-refractivity contribution is 5.84. The predicted octanol–water partition coefficient (Wildman–Crippen LogP) is 0.776. The highest BCUT2D eigenvalue weighted by Gasteiger charge is 2.46. The van der Waals surface area contributed by atoms with Crippen LogP contribution in [0.2, 0.25) is 0 Å². The summed E-state index contributed by atoms with van der Waals surface area (Å²) in [4.78, 5) is 25.1. The summed E-state index contributed by atoms with van der Waals surface area (Å²) < 4.78 is 7.61. The number of carbonyl (C=O) groups is 1. The van der Waals surface area contributed by atoms with Crippen LogP contribution < -0.4 is 21.7 Å². The second-order valence-corrected chi connectivity index (χ2v) is 10.1. The Bertz CT molecular complexity index is 1660. The van der Waals surface area contributed by atoms with Gasteiger partial charge in [-0.15, -0.1) is 10.2 Å². The van der Waals surface area contributed by atoms with E-state index in [0.717, 1.165) is 11.1 Å². The molecule has 6 rings (SSSR count). The predicted molar refractivity (Wildman–Crippen MR) is 167 cm³/mol. The number of anilines is 2. The Morgan fingerprint density at radius 3 is 2.33 bits per heavy atom. The number of imidazole rings is 1. The fraction of sp³-hybridized carbons (Fsp3) is 0.276. The summed E-state index contributed by atoms with van der Waals surface area (Å²) in [5, 5.41) is 53.0. The quantitative estimate of drug-likeness (QED) is 0.0423. The first-order valence-electron chi connectivity index (χ1n) is 14.3. The number of ether oxygens (including phenoxy) is 1. The Morgan fingerprint density at radius 2 is 1.72 bits per heavy atom. The number of aliphatic hydroxyl groups excluding tert-OH is 2. The maximum Gasteiger partial charge on any atom is 0.290 e. The molecular weight excluding hydrogens is 596 g/mol. The van der Waals surface area contributed by atoms with Crippen LogP contribution in [0.4, 0.5) is 11.8 Å². The lowest BCUT2D eigenvalue weighted by Gasteiger charge is -2.20. The number of rotatable bonds is 11. The molecule has 10 N–H and O–H groups in total. The van der Waals surface area contributed by atoms with E-state index >= 15 is 0 Å². The molecule has 0 spiro atoms. The van der Waals surface area contributed by atoms with Crippen molar-refractivity contribution in [2.75, 3.05) is 30.3 Å². The maximum absolute atomic E-state index is 10.9. The number of guanidine groups is 1. The fourth-order valence-corrected chi connectivity index (χ4v) is 5.14. The third-order valence-electron chi connectivity index (χ3n) is 7.24. The molecule has 0 amide bonds. The smallest absolute Gasteiger partial charge is 0.290 e. The molecule has 0 bridgehead atoms. The molecule has 46 heavy (non-hydrogen) atoms. The van der Waals surface area contributed by atoms with Gasteiger partial charge in [0, 0.05) is 25.6 Å². The monoisotopic (exact) mass is 630 g/mol. The minimum absolute atomic E-state index is 0.0171. The van der Waals surface area contributed by atoms with Crippen molar-refractivity contribution >= 4 is 35.4 Å². The molecule has 1 saturated heterocycles. The molecular formula is C29H34N12O5. The van der Waals surface area contributed by atoms with Crippen molar-refractivity contribution in [1.82, 2.24) is 40.0 Å². The summed E-state index contributed by atoms with van der Waals surface area (Å²) in [5.74, 6) is 0.936. The van der Waals surface area contributed by atoms with Gasteiger partial charge in [0.2, 0.25) is 5.95 Å². The highest BCUT2D eigenvalue weighted by Crippen LogP contribution is 2.39. The van der Waals surface area contributed by atoms with Gasteiger partial charge in [-0.2, -0.15) is 9.97 Å². The number of nitrogens with zero attached hydrogens (tertiary/aromatic N) is 6. The van der Waals surface area contributed by atoms with Crippen LogP contribution in [0.15, 0.2) is 73.3 Å². The van der Waals surface area contributed by atoms with E-state index in [1.165, 1.54) is 12.7 Å². The van der Waals surface area contributed by atoms with Crippen LogP contribution >= 0.6 is 0 Å². The topological polar surface area (TPSA) is 258 Å². The third kappa shape index (κ3) is 7.17. The highest BCUT2D eigenvalue weighted by atomic mass is 16.6. The van der Waals surface area contributed by atoms with E-state index in [9.17, 15) is 10.2 Å². The van der Waals surface area contributed by atoms with Gasteiger partial charge in [0.05, 0.1) is 6.33 Å². The minimum atomic E-state index is -1.30. The van der Waals surface area contributed by atoms with E-state index in [0.29, 0.717) is 42.4 Å². The van der Waals surface area contributed by atoms with Crippen LogP contribution in [0.5, 0.6) is 0 Å². The number of nitrogens with one attached hydrogen (secondary N) is 5. The van der Waals surface area contributed by atoms with Gasteiger partial charge < -0.3 is 46.7 Å². The molecule has 1 aliphatic rings. The molecule has 0 saturated carbocycles. The van der Waals surface area contributed by atoms with Gasteiger partial charge in [-0.3, -0.25) is 14.8 Å². The summed E-state index contributed by atoms with van der Waals surface area (Å²) in [6, 6.07) is 20.4. The number of hydrogen-bond acceptors (Lipinski definition) is 12. The number of hydrogen-bond donors (Lipinski definition) is 9. The van der Waals surface area contributed by atoms with Gasteiger partial charge >= 0.3 is 0 Å². The average molecular weight is 631 g/mol. The van der Waals surface area contributed by atoms with E-state index in [-0.39, 0.29) is 24.3 Å². The lowest BCUT2D eigenvalue weighted by Crippen LogP contribution is -2.34. The summed E-state index contributed by atoms with van der Waals surface area (Å²) in [6.07, 6.45) is -1.61. The van der Waals surface area contributed by atoms with E-state index in [4.69, 9.17) is 30.8 Å². The molecule has 0 radical (unpaired) electrons. The lowest BCUT2D eigenvalue weighted by molar-refractivity contribution is -0.122. The molecule has 5 aromatic rings. The van der Waals surface area contributed by atoms with Crippen molar-refractivity contribution in [2.45, 2.75) is 30.5 Å². The van der Waals surface area contributed by atoms with Crippen molar-refractivity contribution in [3.8, 4) is 0 Å². The zero-order valence-corrected chi connectivity index (χ0v) is 24.4. The van der Waals surface area contributed by atoms with Gasteiger partial charge in [0.1, 0.15) is 24.6 Å². The minimum Gasteiger partial charge on any atom is -0.483 e. The number of nitrogens with two attached hydrogens (primary N) is 1. The zero-order valence-electron chi connectivity index (χ0n) is 24.4. The van der Waals surface area contributed by atoms with Gasteiger partial charge in [-0.1, -0.05) is 60.7 Å². The van der Waals surface area contributed by atoms with Crippen molar-refractivity contribution in [2.24, 2.45) is 5.73 Å². The molecule has 17 heteroatoms. The standard InChI is InChI=1S/C28H32N12O3.CH2O2/c29-27(30)31-11-12-32-28-37-23(33-13-18(16-7-3-1-4-8-16)17-9-5-2-6-10-17)19-25(38-28)40(15-35-19)26-21(42)20(41)22(43-26)24-34-14-36-39-24;2-1-3/h1-10,14-15,18,20-22,26,41-42H,11-13H2,(H4,29,30,31)(H,34,36,39)(H2,32,33,37,38);1H,(H,2,3)/t20-,21+,22-,26+;/m0./s1. The van der Waals surface area contributed by atoms with Gasteiger partial charge in [-0.25, -0.2) is 4.98 Å². The normalized spacial score (nSPS) is 18.9. The first kappa shape index (κ1) is 31.8. The van der Waals surface area contributed by atoms with Crippen LogP contribution in [0.3, 0.4) is 0 Å². The number of carboxylic acid groups (broad SMARTS) is 1. The Balaban J connectivity index is 0.00000134. The summed E-state index contributed by atoms with van der Waals surface area (Å²) >= 11 is 0. The van der Waals surface area contributed by atoms with Crippen molar-refractivity contribution < 1.29 is 24.9 Å². The Morgan fingerprint density at radius 1 is 1.04 bits per heavy atom. The summed E-state index contributed by atoms with van der Waals surface area (Å²) in [5.41, 5.74) is 8.52. The SMILES string of the molecule is N=C(N)NCCNc1nc(NCC(c2ccccc2)c2ccccc2)c2ncn([C@@H]3O[C@H](c4nnc[nH]4)[C@@H](O)[C@H]3O)c2n1.O=CO. The Labute approximate surface area is 262 Å². The van der Waals surface area contributed by atoms with Crippen LogP contribution in [0.1, 0.15) is 35.2 Å². The van der Waals surface area contributed by atoms with Gasteiger partial charge in [0.25, 0.3) is 6.47 Å². The lowest BCUT2D eigenvalue weighted by atomic mass is 9.91. The Kier molecular flexibility index (Phi) is 10.3. The molecule has 4 heterocycles. The largest absolute Gasteiger partial charge is 0.483 e. The van der Waals surface area contributed by atoms with E-state index in [1.807, 2.05) is 36.4 Å².